The molecule has 1 aromatic heterocycles. The van der Waals surface area contributed by atoms with Crippen molar-refractivity contribution in [2.45, 2.75) is 44.4 Å². The lowest BCUT2D eigenvalue weighted by molar-refractivity contribution is 0.0697. The Balaban J connectivity index is 2.16. The van der Waals surface area contributed by atoms with E-state index in [2.05, 4.69) is 11.9 Å². The average Bonchev–Trinajstić information content (AvgIpc) is 3.05. The van der Waals surface area contributed by atoms with Gasteiger partial charge in [0.2, 0.25) is 5.89 Å². The molecule has 1 heterocycles. The van der Waals surface area contributed by atoms with Crippen LogP contribution in [0.25, 0.3) is 11.1 Å². The topological polar surface area (TPSA) is 63.3 Å². The van der Waals surface area contributed by atoms with Crippen molar-refractivity contribution in [2.75, 3.05) is 0 Å². The quantitative estimate of drug-likeness (QED) is 0.911. The molecule has 1 N–H and O–H groups in total. The number of fused-ring (bicyclic) bond motifs is 1. The number of carboxylic acids is 1. The third-order valence-electron chi connectivity index (χ3n) is 4.34. The fourth-order valence-electron chi connectivity index (χ4n) is 3.11. The van der Waals surface area contributed by atoms with Gasteiger partial charge in [0.25, 0.3) is 0 Å². The predicted octanol–water partition coefficient (Wildman–Crippen LogP) is 3.75. The van der Waals surface area contributed by atoms with Crippen molar-refractivity contribution < 1.29 is 14.3 Å². The summed E-state index contributed by atoms with van der Waals surface area (Å²) in [6.45, 7) is 2.15. The smallest absolute Gasteiger partial charge is 0.339 e. The van der Waals surface area contributed by atoms with Gasteiger partial charge in [0.15, 0.2) is 5.58 Å². The third-order valence-corrected chi connectivity index (χ3v) is 4.34. The fraction of sp³-hybridized carbons (Fsp3) is 0.467. The summed E-state index contributed by atoms with van der Waals surface area (Å²) in [5, 5.41) is 9.19. The molecule has 1 aromatic carbocycles. The zero-order valence-corrected chi connectivity index (χ0v) is 11.0. The van der Waals surface area contributed by atoms with Gasteiger partial charge >= 0.3 is 5.97 Å². The van der Waals surface area contributed by atoms with Crippen LogP contribution in [0.2, 0.25) is 0 Å². The van der Waals surface area contributed by atoms with Gasteiger partial charge in [0.05, 0.1) is 0 Å². The summed E-state index contributed by atoms with van der Waals surface area (Å²) in [5.41, 5.74) is 1.26. The molecular formula is C15H17NO3. The molecule has 100 valence electrons. The maximum atomic E-state index is 11.2. The first-order chi connectivity index (χ1) is 9.16. The second-order valence-electron chi connectivity index (χ2n) is 5.32. The molecule has 0 atom stereocenters. The number of hydrogen-bond donors (Lipinski definition) is 1. The Hall–Kier alpha value is -1.84. The molecule has 1 fully saturated rings. The molecule has 0 radical (unpaired) electrons. The second kappa shape index (κ2) is 4.37. The van der Waals surface area contributed by atoms with E-state index in [0.29, 0.717) is 11.1 Å². The number of carboxylic acid groups (broad SMARTS) is 1. The van der Waals surface area contributed by atoms with E-state index in [-0.39, 0.29) is 11.0 Å². The van der Waals surface area contributed by atoms with E-state index in [4.69, 9.17) is 4.42 Å². The SMILES string of the molecule is CCC1(c2nc3cccc(C(=O)O)c3o2)CCCC1. The summed E-state index contributed by atoms with van der Waals surface area (Å²) in [4.78, 5) is 15.8. The molecule has 0 amide bonds. The van der Waals surface area contributed by atoms with Crippen LogP contribution < -0.4 is 0 Å². The van der Waals surface area contributed by atoms with Gasteiger partial charge in [-0.05, 0) is 31.4 Å². The summed E-state index contributed by atoms with van der Waals surface area (Å²) < 4.78 is 5.85. The summed E-state index contributed by atoms with van der Waals surface area (Å²) >= 11 is 0. The zero-order valence-electron chi connectivity index (χ0n) is 11.0. The van der Waals surface area contributed by atoms with Crippen molar-refractivity contribution in [2.24, 2.45) is 0 Å². The Morgan fingerprint density at radius 2 is 2.16 bits per heavy atom. The Morgan fingerprint density at radius 1 is 1.42 bits per heavy atom. The minimum absolute atomic E-state index is 0.00872. The van der Waals surface area contributed by atoms with E-state index in [0.717, 1.165) is 25.2 Å². The first-order valence-corrected chi connectivity index (χ1v) is 6.79. The predicted molar refractivity (Wildman–Crippen MR) is 71.4 cm³/mol. The molecule has 0 bridgehead atoms. The average molecular weight is 259 g/mol. The number of carbonyl (C=O) groups is 1. The van der Waals surface area contributed by atoms with Crippen LogP contribution in [0.15, 0.2) is 22.6 Å². The van der Waals surface area contributed by atoms with Gasteiger partial charge in [-0.15, -0.1) is 0 Å². The maximum absolute atomic E-state index is 11.2. The van der Waals surface area contributed by atoms with Crippen LogP contribution in [0.3, 0.4) is 0 Å². The maximum Gasteiger partial charge on any atom is 0.339 e. The number of nitrogens with zero attached hydrogens (tertiary/aromatic N) is 1. The van der Waals surface area contributed by atoms with Crippen molar-refractivity contribution in [3.8, 4) is 0 Å². The number of hydrogen-bond acceptors (Lipinski definition) is 3. The van der Waals surface area contributed by atoms with E-state index in [1.807, 2.05) is 6.07 Å². The van der Waals surface area contributed by atoms with Crippen LogP contribution >= 0.6 is 0 Å². The van der Waals surface area contributed by atoms with E-state index >= 15 is 0 Å². The van der Waals surface area contributed by atoms with Gasteiger partial charge in [-0.25, -0.2) is 9.78 Å². The van der Waals surface area contributed by atoms with Gasteiger partial charge in [-0.2, -0.15) is 0 Å². The molecule has 4 heteroatoms. The molecule has 0 unspecified atom stereocenters. The van der Waals surface area contributed by atoms with Crippen LogP contribution in [0, 0.1) is 0 Å². The molecule has 3 rings (SSSR count). The van der Waals surface area contributed by atoms with Gasteiger partial charge in [-0.3, -0.25) is 0 Å². The van der Waals surface area contributed by atoms with E-state index < -0.39 is 5.97 Å². The molecule has 4 nitrogen and oxygen atoms in total. The van der Waals surface area contributed by atoms with Crippen LogP contribution in [-0.4, -0.2) is 16.1 Å². The number of aromatic nitrogens is 1. The highest BCUT2D eigenvalue weighted by molar-refractivity contribution is 5.99. The summed E-state index contributed by atoms with van der Waals surface area (Å²) in [6.07, 6.45) is 5.54. The highest BCUT2D eigenvalue weighted by atomic mass is 16.4. The van der Waals surface area contributed by atoms with Crippen LogP contribution in [0.5, 0.6) is 0 Å². The Bertz CT molecular complexity index is 623. The Kier molecular flexibility index (Phi) is 2.81. The lowest BCUT2D eigenvalue weighted by atomic mass is 9.83. The van der Waals surface area contributed by atoms with Crippen LogP contribution in [0.1, 0.15) is 55.3 Å². The fourth-order valence-corrected chi connectivity index (χ4v) is 3.11. The van der Waals surface area contributed by atoms with Gasteiger partial charge < -0.3 is 9.52 Å². The lowest BCUT2D eigenvalue weighted by Crippen LogP contribution is -2.20. The van der Waals surface area contributed by atoms with Crippen molar-refractivity contribution in [3.63, 3.8) is 0 Å². The Labute approximate surface area is 111 Å². The highest BCUT2D eigenvalue weighted by Gasteiger charge is 2.38. The molecule has 19 heavy (non-hydrogen) atoms. The van der Waals surface area contributed by atoms with Crippen molar-refractivity contribution in [1.82, 2.24) is 4.98 Å². The lowest BCUT2D eigenvalue weighted by Gasteiger charge is -2.22. The molecule has 0 aliphatic heterocycles. The normalized spacial score (nSPS) is 17.9. The van der Waals surface area contributed by atoms with Crippen LogP contribution in [-0.2, 0) is 5.41 Å². The number of benzene rings is 1. The number of para-hydroxylation sites is 1. The Morgan fingerprint density at radius 3 is 2.79 bits per heavy atom. The van der Waals surface area contributed by atoms with Crippen molar-refractivity contribution >= 4 is 17.1 Å². The summed E-state index contributed by atoms with van der Waals surface area (Å²) in [6, 6.07) is 5.09. The minimum Gasteiger partial charge on any atom is -0.478 e. The summed E-state index contributed by atoms with van der Waals surface area (Å²) in [5.74, 6) is -0.249. The van der Waals surface area contributed by atoms with E-state index in [1.54, 1.807) is 12.1 Å². The first kappa shape index (κ1) is 12.2. The van der Waals surface area contributed by atoms with E-state index in [1.165, 1.54) is 12.8 Å². The molecule has 0 saturated heterocycles. The van der Waals surface area contributed by atoms with Gasteiger partial charge in [0, 0.05) is 5.41 Å². The largest absolute Gasteiger partial charge is 0.478 e. The number of rotatable bonds is 3. The van der Waals surface area contributed by atoms with Gasteiger partial charge in [0.1, 0.15) is 11.1 Å². The first-order valence-electron chi connectivity index (χ1n) is 6.79. The molecule has 2 aromatic rings. The number of aromatic carboxylic acids is 1. The monoisotopic (exact) mass is 259 g/mol. The molecule has 0 spiro atoms. The third kappa shape index (κ3) is 1.82. The molecular weight excluding hydrogens is 242 g/mol. The standard InChI is InChI=1S/C15H17NO3/c1-2-15(8-3-4-9-15)14-16-11-7-5-6-10(13(17)18)12(11)19-14/h5-7H,2-4,8-9H2,1H3,(H,17,18). The highest BCUT2D eigenvalue weighted by Crippen LogP contribution is 2.44. The summed E-state index contributed by atoms with van der Waals surface area (Å²) in [7, 11) is 0. The second-order valence-corrected chi connectivity index (χ2v) is 5.32. The minimum atomic E-state index is -0.967. The van der Waals surface area contributed by atoms with Crippen LogP contribution in [0.4, 0.5) is 0 Å². The van der Waals surface area contributed by atoms with Crippen molar-refractivity contribution in [1.29, 1.82) is 0 Å². The zero-order chi connectivity index (χ0) is 13.5. The molecule has 1 saturated carbocycles. The van der Waals surface area contributed by atoms with Gasteiger partial charge in [-0.1, -0.05) is 25.8 Å². The van der Waals surface area contributed by atoms with E-state index in [9.17, 15) is 9.90 Å². The number of oxazole rings is 1. The molecule has 1 aliphatic carbocycles. The molecule has 1 aliphatic rings. The van der Waals surface area contributed by atoms with Crippen molar-refractivity contribution in [3.05, 3.63) is 29.7 Å².